The van der Waals surface area contributed by atoms with Crippen LogP contribution in [-0.4, -0.2) is 27.1 Å². The zero-order valence-electron chi connectivity index (χ0n) is 22.4. The Morgan fingerprint density at radius 2 is 1.93 bits per heavy atom. The van der Waals surface area contributed by atoms with E-state index < -0.39 is 17.1 Å². The molecular weight excluding hydrogens is 561 g/mol. The average molecular weight is 582 g/mol. The number of fused-ring (bicyclic) bond motifs is 2. The van der Waals surface area contributed by atoms with Gasteiger partial charge in [0, 0.05) is 17.4 Å². The first-order valence-corrected chi connectivity index (χ1v) is 13.2. The van der Waals surface area contributed by atoms with E-state index in [0.29, 0.717) is 27.4 Å². The Morgan fingerprint density at radius 1 is 1.12 bits per heavy atom. The second kappa shape index (κ2) is 10.3. The maximum atomic E-state index is 14.1. The molecule has 0 saturated carbocycles. The molecule has 9 nitrogen and oxygen atoms in total. The van der Waals surface area contributed by atoms with Crippen LogP contribution in [0.5, 0.6) is 5.75 Å². The summed E-state index contributed by atoms with van der Waals surface area (Å²) in [5, 5.41) is 12.6. The van der Waals surface area contributed by atoms with Crippen LogP contribution in [0.4, 0.5) is 10.1 Å². The molecule has 0 atom stereocenters. The van der Waals surface area contributed by atoms with E-state index in [4.69, 9.17) is 16.3 Å². The predicted molar refractivity (Wildman–Crippen MR) is 156 cm³/mol. The van der Waals surface area contributed by atoms with E-state index in [1.165, 1.54) is 30.0 Å². The molecule has 5 aromatic rings. The summed E-state index contributed by atoms with van der Waals surface area (Å²) in [6.45, 7) is 1.70. The quantitative estimate of drug-likeness (QED) is 0.320. The summed E-state index contributed by atoms with van der Waals surface area (Å²) in [5.74, 6) is -0.638. The predicted octanol–water partition coefficient (Wildman–Crippen LogP) is 4.74. The Hall–Kier alpha value is -5.27. The summed E-state index contributed by atoms with van der Waals surface area (Å²) in [6, 6.07) is 14.2. The highest BCUT2D eigenvalue weighted by atomic mass is 35.5. The summed E-state index contributed by atoms with van der Waals surface area (Å²) in [7, 11) is 1.41. The van der Waals surface area contributed by atoms with Crippen LogP contribution in [-0.2, 0) is 17.8 Å². The molecular formula is C31H21ClFN5O4. The molecule has 11 heteroatoms. The number of hydrogen-bond donors (Lipinski definition) is 1. The van der Waals surface area contributed by atoms with Crippen molar-refractivity contribution in [3.63, 3.8) is 0 Å². The Labute approximate surface area is 243 Å². The molecule has 42 heavy (non-hydrogen) atoms. The number of carbonyl (C=O) groups excluding carboxylic acids is 1. The number of hydrogen-bond acceptors (Lipinski definition) is 6. The van der Waals surface area contributed by atoms with Crippen molar-refractivity contribution in [3.8, 4) is 28.6 Å². The number of nitriles is 1. The fourth-order valence-corrected chi connectivity index (χ4v) is 5.49. The molecule has 0 fully saturated rings. The molecule has 208 valence electrons. The highest BCUT2D eigenvalue weighted by Gasteiger charge is 2.23. The molecule has 6 rings (SSSR count). The SMILES string of the molecule is COc1cc(-c2cc3c(cc2Cl)NC(=O)C3)cc2c1c(=O)n(-c1cncc(C)c1)c(=O)n2Cc1ccc(F)c(C#N)c1. The van der Waals surface area contributed by atoms with Gasteiger partial charge in [-0.3, -0.25) is 19.1 Å². The third-order valence-electron chi connectivity index (χ3n) is 7.17. The van der Waals surface area contributed by atoms with Crippen LogP contribution in [0.25, 0.3) is 27.7 Å². The molecule has 0 saturated heterocycles. The maximum Gasteiger partial charge on any atom is 0.336 e. The second-order valence-electron chi connectivity index (χ2n) is 9.94. The number of aromatic nitrogens is 3. The smallest absolute Gasteiger partial charge is 0.336 e. The Bertz CT molecular complexity index is 2130. The van der Waals surface area contributed by atoms with E-state index in [-0.39, 0.29) is 46.8 Å². The number of halogens is 2. The minimum Gasteiger partial charge on any atom is -0.496 e. The van der Waals surface area contributed by atoms with Crippen molar-refractivity contribution in [3.05, 3.63) is 115 Å². The van der Waals surface area contributed by atoms with E-state index in [1.54, 1.807) is 43.5 Å². The maximum absolute atomic E-state index is 14.1. The van der Waals surface area contributed by atoms with Gasteiger partial charge in [-0.1, -0.05) is 17.7 Å². The molecule has 3 aromatic carbocycles. The van der Waals surface area contributed by atoms with Crippen molar-refractivity contribution in [1.82, 2.24) is 14.1 Å². The molecule has 1 aliphatic rings. The lowest BCUT2D eigenvalue weighted by Gasteiger charge is -2.18. The highest BCUT2D eigenvalue weighted by molar-refractivity contribution is 6.34. The minimum atomic E-state index is -0.683. The number of rotatable bonds is 5. The van der Waals surface area contributed by atoms with Crippen LogP contribution in [0.2, 0.25) is 5.02 Å². The van der Waals surface area contributed by atoms with Crippen molar-refractivity contribution in [2.45, 2.75) is 19.9 Å². The number of benzene rings is 3. The van der Waals surface area contributed by atoms with Gasteiger partial charge in [0.15, 0.2) is 0 Å². The molecule has 0 spiro atoms. The normalized spacial score (nSPS) is 12.2. The van der Waals surface area contributed by atoms with Gasteiger partial charge in [0.25, 0.3) is 5.56 Å². The van der Waals surface area contributed by atoms with E-state index >= 15 is 0 Å². The first-order chi connectivity index (χ1) is 20.2. The van der Waals surface area contributed by atoms with E-state index in [1.807, 2.05) is 6.07 Å². The van der Waals surface area contributed by atoms with Crippen LogP contribution in [0.3, 0.4) is 0 Å². The van der Waals surface area contributed by atoms with Crippen molar-refractivity contribution in [1.29, 1.82) is 5.26 Å². The molecule has 1 aliphatic heterocycles. The lowest BCUT2D eigenvalue weighted by atomic mass is 9.99. The summed E-state index contributed by atoms with van der Waals surface area (Å²) in [4.78, 5) is 44.2. The highest BCUT2D eigenvalue weighted by Crippen LogP contribution is 2.38. The van der Waals surface area contributed by atoms with Gasteiger partial charge in [0.1, 0.15) is 23.0 Å². The zero-order valence-corrected chi connectivity index (χ0v) is 23.1. The van der Waals surface area contributed by atoms with Gasteiger partial charge in [-0.25, -0.2) is 13.8 Å². The standard InChI is InChI=1S/C31H21ClFN5O4/c1-16-5-21(14-35-13-16)38-30(40)29-26(37(31(38)41)15-17-3-4-24(33)20(6-17)12-34)8-18(9-27(29)42-2)22-7-19-10-28(39)36-25(19)11-23(22)32/h3-9,11,13-14H,10,15H2,1-2H3,(H,36,39). The topological polar surface area (TPSA) is 119 Å². The van der Waals surface area contributed by atoms with Gasteiger partial charge in [0.05, 0.1) is 48.1 Å². The number of nitrogens with one attached hydrogen (secondary N) is 1. The number of carbonyl (C=O) groups is 1. The van der Waals surface area contributed by atoms with E-state index in [9.17, 15) is 24.0 Å². The number of pyridine rings is 1. The van der Waals surface area contributed by atoms with E-state index in [2.05, 4.69) is 10.3 Å². The number of methoxy groups -OCH3 is 1. The number of anilines is 1. The van der Waals surface area contributed by atoms with Crippen molar-refractivity contribution in [2.24, 2.45) is 0 Å². The minimum absolute atomic E-state index is 0.0905. The largest absolute Gasteiger partial charge is 0.496 e. The summed E-state index contributed by atoms with van der Waals surface area (Å²) >= 11 is 6.64. The molecule has 1 N–H and O–H groups in total. The molecule has 2 aromatic heterocycles. The lowest BCUT2D eigenvalue weighted by molar-refractivity contribution is -0.115. The number of aryl methyl sites for hydroxylation is 1. The average Bonchev–Trinajstić information content (AvgIpc) is 3.33. The third-order valence-corrected chi connectivity index (χ3v) is 7.48. The first kappa shape index (κ1) is 26.9. The number of ether oxygens (including phenoxy) is 1. The van der Waals surface area contributed by atoms with Crippen molar-refractivity contribution in [2.75, 3.05) is 12.4 Å². The molecule has 0 radical (unpaired) electrons. The van der Waals surface area contributed by atoms with Crippen LogP contribution >= 0.6 is 11.6 Å². The molecule has 0 unspecified atom stereocenters. The number of nitrogens with zero attached hydrogens (tertiary/aromatic N) is 4. The zero-order chi connectivity index (χ0) is 29.7. The summed E-state index contributed by atoms with van der Waals surface area (Å²) in [6.07, 6.45) is 3.21. The van der Waals surface area contributed by atoms with E-state index in [0.717, 1.165) is 21.8 Å². The summed E-state index contributed by atoms with van der Waals surface area (Å²) in [5.41, 5.74) is 2.76. The van der Waals surface area contributed by atoms with Gasteiger partial charge < -0.3 is 10.1 Å². The van der Waals surface area contributed by atoms with Gasteiger partial charge in [-0.15, -0.1) is 0 Å². The molecule has 3 heterocycles. The van der Waals surface area contributed by atoms with Crippen molar-refractivity contribution >= 4 is 34.1 Å². The Balaban J connectivity index is 1.67. The lowest BCUT2D eigenvalue weighted by Crippen LogP contribution is -2.39. The Kier molecular flexibility index (Phi) is 6.59. The van der Waals surface area contributed by atoms with Crippen molar-refractivity contribution < 1.29 is 13.9 Å². The fraction of sp³-hybridized carbons (Fsp3) is 0.129. The van der Waals surface area contributed by atoms with Gasteiger partial charge in [-0.05, 0) is 71.6 Å². The van der Waals surface area contributed by atoms with Gasteiger partial charge in [-0.2, -0.15) is 5.26 Å². The summed E-state index contributed by atoms with van der Waals surface area (Å²) < 4.78 is 22.2. The third kappa shape index (κ3) is 4.50. The fourth-order valence-electron chi connectivity index (χ4n) is 5.22. The Morgan fingerprint density at radius 3 is 2.67 bits per heavy atom. The molecule has 0 aliphatic carbocycles. The molecule has 1 amide bonds. The molecule has 0 bridgehead atoms. The number of amides is 1. The van der Waals surface area contributed by atoms with Gasteiger partial charge in [0.2, 0.25) is 5.91 Å². The monoisotopic (exact) mass is 581 g/mol. The van der Waals surface area contributed by atoms with Crippen LogP contribution in [0.15, 0.2) is 70.5 Å². The van der Waals surface area contributed by atoms with Gasteiger partial charge >= 0.3 is 5.69 Å². The second-order valence-corrected chi connectivity index (χ2v) is 10.3. The van der Waals surface area contributed by atoms with Crippen LogP contribution in [0.1, 0.15) is 22.3 Å². The first-order valence-electron chi connectivity index (χ1n) is 12.8. The van der Waals surface area contributed by atoms with Crippen LogP contribution in [0, 0.1) is 24.1 Å². The van der Waals surface area contributed by atoms with Crippen LogP contribution < -0.4 is 21.3 Å².